The fraction of sp³-hybridized carbons (Fsp3) is 0.667. The molecule has 4 heteroatoms. The maximum Gasteiger partial charge on any atom is 0.129 e. The molecule has 1 saturated heterocycles. The number of rotatable bonds is 3. The molecule has 0 spiro atoms. The van der Waals surface area contributed by atoms with E-state index in [4.69, 9.17) is 5.73 Å². The van der Waals surface area contributed by atoms with Crippen molar-refractivity contribution in [2.24, 2.45) is 5.73 Å². The summed E-state index contributed by atoms with van der Waals surface area (Å²) in [5.74, 6) is 1.08. The van der Waals surface area contributed by atoms with Crippen LogP contribution in [0.1, 0.15) is 38.3 Å². The van der Waals surface area contributed by atoms with Crippen molar-refractivity contribution in [3.63, 3.8) is 0 Å². The van der Waals surface area contributed by atoms with Gasteiger partial charge in [-0.2, -0.15) is 0 Å². The monoisotopic (exact) mass is 262 g/mol. The molecule has 19 heavy (non-hydrogen) atoms. The normalized spacial score (nSPS) is 23.2. The van der Waals surface area contributed by atoms with Crippen LogP contribution in [0.5, 0.6) is 0 Å². The van der Waals surface area contributed by atoms with E-state index in [-0.39, 0.29) is 6.04 Å². The van der Waals surface area contributed by atoms with E-state index >= 15 is 0 Å². The quantitative estimate of drug-likeness (QED) is 0.905. The Morgan fingerprint density at radius 1 is 1.47 bits per heavy atom. The highest BCUT2D eigenvalue weighted by atomic mass is 15.3. The molecule has 1 aliphatic rings. The summed E-state index contributed by atoms with van der Waals surface area (Å²) < 4.78 is 0. The lowest BCUT2D eigenvalue weighted by molar-refractivity contribution is 0.327. The van der Waals surface area contributed by atoms with E-state index in [2.05, 4.69) is 34.8 Å². The van der Waals surface area contributed by atoms with Crippen molar-refractivity contribution in [3.05, 3.63) is 23.9 Å². The summed E-state index contributed by atoms with van der Waals surface area (Å²) in [6.45, 7) is 7.64. The Bertz CT molecular complexity index is 405. The molecule has 0 amide bonds. The van der Waals surface area contributed by atoms with Crippen LogP contribution < -0.4 is 10.6 Å². The van der Waals surface area contributed by atoms with Crippen molar-refractivity contribution >= 4 is 5.82 Å². The number of hydrogen-bond donors (Lipinski definition) is 1. The van der Waals surface area contributed by atoms with Crippen molar-refractivity contribution in [3.8, 4) is 0 Å². The van der Waals surface area contributed by atoms with E-state index in [1.54, 1.807) is 0 Å². The van der Waals surface area contributed by atoms with Crippen molar-refractivity contribution in [1.29, 1.82) is 0 Å². The smallest absolute Gasteiger partial charge is 0.129 e. The summed E-state index contributed by atoms with van der Waals surface area (Å²) in [4.78, 5) is 9.44. The fourth-order valence-electron chi connectivity index (χ4n) is 2.77. The molecular formula is C15H26N4. The Labute approximate surface area is 116 Å². The highest BCUT2D eigenvalue weighted by Gasteiger charge is 2.23. The number of hydrogen-bond acceptors (Lipinski definition) is 4. The van der Waals surface area contributed by atoms with Gasteiger partial charge < -0.3 is 15.5 Å². The Hall–Kier alpha value is -1.13. The average Bonchev–Trinajstić information content (AvgIpc) is 2.60. The third-order valence-corrected chi connectivity index (χ3v) is 3.96. The summed E-state index contributed by atoms with van der Waals surface area (Å²) in [5, 5.41) is 0. The zero-order chi connectivity index (χ0) is 13.8. The molecule has 1 aromatic rings. The average molecular weight is 262 g/mol. The Kier molecular flexibility index (Phi) is 4.77. The third-order valence-electron chi connectivity index (χ3n) is 3.96. The molecule has 0 aliphatic carbocycles. The van der Waals surface area contributed by atoms with Gasteiger partial charge in [-0.15, -0.1) is 0 Å². The zero-order valence-corrected chi connectivity index (χ0v) is 12.3. The molecule has 2 heterocycles. The van der Waals surface area contributed by atoms with Crippen LogP contribution in [0.3, 0.4) is 0 Å². The molecule has 2 rings (SSSR count). The predicted octanol–water partition coefficient (Wildman–Crippen LogP) is 2.02. The van der Waals surface area contributed by atoms with Gasteiger partial charge in [-0.1, -0.05) is 6.92 Å². The van der Waals surface area contributed by atoms with Crippen LogP contribution in [0.4, 0.5) is 5.82 Å². The van der Waals surface area contributed by atoms with Gasteiger partial charge in [-0.25, -0.2) is 4.98 Å². The van der Waals surface area contributed by atoms with E-state index in [1.165, 1.54) is 13.0 Å². The molecule has 1 aliphatic heterocycles. The van der Waals surface area contributed by atoms with E-state index in [0.717, 1.165) is 30.9 Å². The summed E-state index contributed by atoms with van der Waals surface area (Å²) >= 11 is 0. The molecule has 0 bridgehead atoms. The van der Waals surface area contributed by atoms with Crippen LogP contribution in [0.25, 0.3) is 0 Å². The van der Waals surface area contributed by atoms with Crippen molar-refractivity contribution in [2.45, 2.75) is 38.8 Å². The van der Waals surface area contributed by atoms with Crippen molar-refractivity contribution < 1.29 is 0 Å². The van der Waals surface area contributed by atoms with E-state index < -0.39 is 0 Å². The standard InChI is InChI=1S/C15H26N4/c1-4-14-11-18(3)8-5-9-19(14)15-10-13(12(2)16)6-7-17-15/h6-7,10,12,14H,4-5,8-9,11,16H2,1-3H3. The summed E-state index contributed by atoms with van der Waals surface area (Å²) in [6.07, 6.45) is 4.22. The van der Waals surface area contributed by atoms with Gasteiger partial charge in [0.2, 0.25) is 0 Å². The maximum atomic E-state index is 5.98. The molecule has 2 atom stereocenters. The Balaban J connectivity index is 2.24. The number of likely N-dealkylation sites (N-methyl/N-ethyl adjacent to an activating group) is 1. The predicted molar refractivity (Wildman–Crippen MR) is 80.4 cm³/mol. The van der Waals surface area contributed by atoms with Gasteiger partial charge in [-0.3, -0.25) is 0 Å². The number of anilines is 1. The minimum absolute atomic E-state index is 0.0662. The third kappa shape index (κ3) is 3.45. The van der Waals surface area contributed by atoms with Gasteiger partial charge in [0.25, 0.3) is 0 Å². The Morgan fingerprint density at radius 2 is 2.26 bits per heavy atom. The van der Waals surface area contributed by atoms with Gasteiger partial charge >= 0.3 is 0 Å². The van der Waals surface area contributed by atoms with Crippen LogP contribution in [0.2, 0.25) is 0 Å². The zero-order valence-electron chi connectivity index (χ0n) is 12.3. The van der Waals surface area contributed by atoms with Crippen LogP contribution in [0, 0.1) is 0 Å². The summed E-state index contributed by atoms with van der Waals surface area (Å²) in [7, 11) is 2.21. The molecule has 0 saturated carbocycles. The minimum Gasteiger partial charge on any atom is -0.352 e. The number of pyridine rings is 1. The molecule has 0 radical (unpaired) electrons. The molecule has 4 nitrogen and oxygen atoms in total. The first-order valence-corrected chi connectivity index (χ1v) is 7.28. The van der Waals surface area contributed by atoms with Crippen LogP contribution in [-0.2, 0) is 0 Å². The first-order valence-electron chi connectivity index (χ1n) is 7.28. The second-order valence-corrected chi connectivity index (χ2v) is 5.61. The van der Waals surface area contributed by atoms with E-state index in [1.807, 2.05) is 19.2 Å². The number of nitrogens with two attached hydrogens (primary N) is 1. The van der Waals surface area contributed by atoms with Crippen LogP contribution >= 0.6 is 0 Å². The molecule has 2 N–H and O–H groups in total. The number of aromatic nitrogens is 1. The first-order chi connectivity index (χ1) is 9.11. The topological polar surface area (TPSA) is 45.4 Å². The van der Waals surface area contributed by atoms with E-state index in [0.29, 0.717) is 6.04 Å². The molecule has 106 valence electrons. The first kappa shape index (κ1) is 14.3. The van der Waals surface area contributed by atoms with Crippen LogP contribution in [0.15, 0.2) is 18.3 Å². The number of nitrogens with zero attached hydrogens (tertiary/aromatic N) is 3. The lowest BCUT2D eigenvalue weighted by Gasteiger charge is -2.31. The highest BCUT2D eigenvalue weighted by Crippen LogP contribution is 2.22. The largest absolute Gasteiger partial charge is 0.352 e. The van der Waals surface area contributed by atoms with Crippen molar-refractivity contribution in [2.75, 3.05) is 31.6 Å². The van der Waals surface area contributed by atoms with Gasteiger partial charge in [0.1, 0.15) is 5.82 Å². The minimum atomic E-state index is 0.0662. The second-order valence-electron chi connectivity index (χ2n) is 5.61. The summed E-state index contributed by atoms with van der Waals surface area (Å²) in [5.41, 5.74) is 7.14. The molecule has 1 fully saturated rings. The van der Waals surface area contributed by atoms with Gasteiger partial charge in [0, 0.05) is 31.4 Å². The second kappa shape index (κ2) is 6.35. The fourth-order valence-corrected chi connectivity index (χ4v) is 2.77. The molecular weight excluding hydrogens is 236 g/mol. The maximum absolute atomic E-state index is 5.98. The van der Waals surface area contributed by atoms with Gasteiger partial charge in [0.05, 0.1) is 0 Å². The van der Waals surface area contributed by atoms with E-state index in [9.17, 15) is 0 Å². The lowest BCUT2D eigenvalue weighted by atomic mass is 10.1. The molecule has 2 unspecified atom stereocenters. The molecule has 0 aromatic carbocycles. The highest BCUT2D eigenvalue weighted by molar-refractivity contribution is 5.43. The van der Waals surface area contributed by atoms with Gasteiger partial charge in [-0.05, 0) is 51.1 Å². The lowest BCUT2D eigenvalue weighted by Crippen LogP contribution is -2.40. The van der Waals surface area contributed by atoms with Crippen LogP contribution in [-0.4, -0.2) is 42.6 Å². The Morgan fingerprint density at radius 3 is 2.95 bits per heavy atom. The van der Waals surface area contributed by atoms with Gasteiger partial charge in [0.15, 0.2) is 0 Å². The molecule has 1 aromatic heterocycles. The van der Waals surface area contributed by atoms with Crippen molar-refractivity contribution in [1.82, 2.24) is 9.88 Å². The summed E-state index contributed by atoms with van der Waals surface area (Å²) in [6, 6.07) is 4.78. The SMILES string of the molecule is CCC1CN(C)CCCN1c1cc(C(C)N)ccn1.